The molecule has 24 heavy (non-hydrogen) atoms. The van der Waals surface area contributed by atoms with E-state index in [0.29, 0.717) is 12.2 Å². The maximum atomic E-state index is 12.1. The van der Waals surface area contributed by atoms with E-state index in [1.54, 1.807) is 13.2 Å². The van der Waals surface area contributed by atoms with Gasteiger partial charge in [-0.15, -0.1) is 0 Å². The molecule has 0 aliphatic heterocycles. The van der Waals surface area contributed by atoms with Crippen LogP contribution < -0.4 is 10.1 Å². The zero-order valence-electron chi connectivity index (χ0n) is 14.0. The number of hydrogen-bond acceptors (Lipinski definition) is 3. The molecule has 1 unspecified atom stereocenters. The van der Waals surface area contributed by atoms with Crippen LogP contribution in [0.25, 0.3) is 6.08 Å². The predicted molar refractivity (Wildman–Crippen MR) is 95.9 cm³/mol. The van der Waals surface area contributed by atoms with Gasteiger partial charge in [0.1, 0.15) is 5.75 Å². The fraction of sp³-hybridized carbons (Fsp3) is 0.250. The van der Waals surface area contributed by atoms with Crippen molar-refractivity contribution in [3.63, 3.8) is 0 Å². The van der Waals surface area contributed by atoms with Crippen LogP contribution in [0.2, 0.25) is 0 Å². The first-order valence-electron chi connectivity index (χ1n) is 7.90. The van der Waals surface area contributed by atoms with Crippen molar-refractivity contribution in [3.05, 3.63) is 71.3 Å². The average molecular weight is 325 g/mol. The summed E-state index contributed by atoms with van der Waals surface area (Å²) in [7, 11) is 1.60. The van der Waals surface area contributed by atoms with Crippen molar-refractivity contribution in [1.29, 1.82) is 0 Å². The lowest BCUT2D eigenvalue weighted by Gasteiger charge is -2.15. The summed E-state index contributed by atoms with van der Waals surface area (Å²) < 4.78 is 5.29. The Morgan fingerprint density at radius 3 is 2.67 bits per heavy atom. The number of rotatable bonds is 7. The quantitative estimate of drug-likeness (QED) is 0.770. The lowest BCUT2D eigenvalue weighted by molar-refractivity contribution is -0.117. The lowest BCUT2D eigenvalue weighted by atomic mass is 10.1. The third kappa shape index (κ3) is 5.25. The lowest BCUT2D eigenvalue weighted by Crippen LogP contribution is -2.38. The molecule has 0 saturated carbocycles. The Bertz CT molecular complexity index is 695. The molecule has 0 bridgehead atoms. The Morgan fingerprint density at radius 1 is 1.25 bits per heavy atom. The van der Waals surface area contributed by atoms with Gasteiger partial charge >= 0.3 is 0 Å². The molecule has 4 nitrogen and oxygen atoms in total. The number of benzene rings is 2. The number of amides is 1. The second-order valence-corrected chi connectivity index (χ2v) is 5.66. The van der Waals surface area contributed by atoms with Crippen LogP contribution in [0.3, 0.4) is 0 Å². The van der Waals surface area contributed by atoms with Crippen LogP contribution in [0.4, 0.5) is 0 Å². The van der Waals surface area contributed by atoms with E-state index >= 15 is 0 Å². The minimum Gasteiger partial charge on any atom is -0.496 e. The first-order chi connectivity index (χ1) is 11.6. The Kier molecular flexibility index (Phi) is 6.58. The van der Waals surface area contributed by atoms with Gasteiger partial charge in [-0.3, -0.25) is 4.79 Å². The molecular weight excluding hydrogens is 302 g/mol. The molecule has 0 aromatic heterocycles. The molecule has 0 aliphatic rings. The molecule has 1 amide bonds. The second kappa shape index (κ2) is 8.89. The fourth-order valence-corrected chi connectivity index (χ4v) is 2.46. The first kappa shape index (κ1) is 17.8. The summed E-state index contributed by atoms with van der Waals surface area (Å²) in [6.45, 7) is 1.88. The summed E-state index contributed by atoms with van der Waals surface area (Å²) in [5.41, 5.74) is 3.01. The van der Waals surface area contributed by atoms with Crippen LogP contribution in [0, 0.1) is 6.92 Å². The average Bonchev–Trinajstić information content (AvgIpc) is 2.60. The van der Waals surface area contributed by atoms with Gasteiger partial charge in [-0.05, 0) is 37.1 Å². The highest BCUT2D eigenvalue weighted by atomic mass is 16.5. The Hall–Kier alpha value is -2.59. The van der Waals surface area contributed by atoms with Gasteiger partial charge in [0.2, 0.25) is 5.91 Å². The summed E-state index contributed by atoms with van der Waals surface area (Å²) in [5, 5.41) is 12.3. The van der Waals surface area contributed by atoms with Gasteiger partial charge in [-0.1, -0.05) is 42.0 Å². The summed E-state index contributed by atoms with van der Waals surface area (Å²) in [4.78, 5) is 12.1. The van der Waals surface area contributed by atoms with Crippen LogP contribution >= 0.6 is 0 Å². The number of aryl methyl sites for hydroxylation is 1. The monoisotopic (exact) mass is 325 g/mol. The number of aliphatic hydroxyl groups excluding tert-OH is 1. The molecule has 2 rings (SSSR count). The summed E-state index contributed by atoms with van der Waals surface area (Å²) in [5.74, 6) is 0.473. The smallest absolute Gasteiger partial charge is 0.244 e. The van der Waals surface area contributed by atoms with E-state index in [1.165, 1.54) is 6.08 Å². The molecule has 2 aromatic rings. The third-order valence-electron chi connectivity index (χ3n) is 3.69. The van der Waals surface area contributed by atoms with Crippen LogP contribution in [0.1, 0.15) is 16.7 Å². The zero-order chi connectivity index (χ0) is 17.4. The SMILES string of the molecule is COc1ccc(C)cc1/C=C/C(=O)NC(CO)Cc1ccccc1. The van der Waals surface area contributed by atoms with E-state index < -0.39 is 0 Å². The van der Waals surface area contributed by atoms with E-state index in [4.69, 9.17) is 4.74 Å². The van der Waals surface area contributed by atoms with Crippen molar-refractivity contribution in [2.24, 2.45) is 0 Å². The Balaban J connectivity index is 2.00. The van der Waals surface area contributed by atoms with E-state index in [-0.39, 0.29) is 18.6 Å². The van der Waals surface area contributed by atoms with Crippen LogP contribution in [0.15, 0.2) is 54.6 Å². The van der Waals surface area contributed by atoms with Crippen molar-refractivity contribution in [2.45, 2.75) is 19.4 Å². The zero-order valence-corrected chi connectivity index (χ0v) is 14.0. The first-order valence-corrected chi connectivity index (χ1v) is 7.90. The number of carbonyl (C=O) groups is 1. The maximum Gasteiger partial charge on any atom is 0.244 e. The largest absolute Gasteiger partial charge is 0.496 e. The molecule has 0 aliphatic carbocycles. The Labute approximate surface area is 142 Å². The normalized spacial score (nSPS) is 12.1. The molecule has 0 spiro atoms. The van der Waals surface area contributed by atoms with Crippen molar-refractivity contribution >= 4 is 12.0 Å². The van der Waals surface area contributed by atoms with Gasteiger partial charge in [-0.2, -0.15) is 0 Å². The number of aliphatic hydroxyl groups is 1. The summed E-state index contributed by atoms with van der Waals surface area (Å²) >= 11 is 0. The summed E-state index contributed by atoms with van der Waals surface area (Å²) in [6.07, 6.45) is 3.77. The molecule has 126 valence electrons. The number of methoxy groups -OCH3 is 1. The maximum absolute atomic E-state index is 12.1. The van der Waals surface area contributed by atoms with Gasteiger partial charge in [0.15, 0.2) is 0 Å². The standard InChI is InChI=1S/C20H23NO3/c1-15-8-10-19(24-2)17(12-15)9-11-20(23)21-18(14-22)13-16-6-4-3-5-7-16/h3-12,18,22H,13-14H2,1-2H3,(H,21,23)/b11-9+. The van der Waals surface area contributed by atoms with Gasteiger partial charge in [-0.25, -0.2) is 0 Å². The molecular formula is C20H23NO3. The van der Waals surface area contributed by atoms with Crippen LogP contribution in [0.5, 0.6) is 5.75 Å². The third-order valence-corrected chi connectivity index (χ3v) is 3.69. The minimum absolute atomic E-state index is 0.109. The molecule has 0 saturated heterocycles. The number of nitrogens with one attached hydrogen (secondary N) is 1. The molecule has 4 heteroatoms. The highest BCUT2D eigenvalue weighted by Gasteiger charge is 2.10. The van der Waals surface area contributed by atoms with Crippen LogP contribution in [-0.2, 0) is 11.2 Å². The number of carbonyl (C=O) groups excluding carboxylic acids is 1. The molecule has 2 N–H and O–H groups in total. The van der Waals surface area contributed by atoms with Gasteiger partial charge in [0, 0.05) is 11.6 Å². The van der Waals surface area contributed by atoms with Crippen LogP contribution in [-0.4, -0.2) is 30.8 Å². The molecule has 1 atom stereocenters. The number of ether oxygens (including phenoxy) is 1. The highest BCUT2D eigenvalue weighted by Crippen LogP contribution is 2.20. The number of hydrogen-bond donors (Lipinski definition) is 2. The van der Waals surface area contributed by atoms with Crippen molar-refractivity contribution in [3.8, 4) is 5.75 Å². The summed E-state index contributed by atoms with van der Waals surface area (Å²) in [6, 6.07) is 15.2. The highest BCUT2D eigenvalue weighted by molar-refractivity contribution is 5.92. The van der Waals surface area contributed by atoms with Gasteiger partial charge < -0.3 is 15.2 Å². The van der Waals surface area contributed by atoms with Crippen molar-refractivity contribution in [1.82, 2.24) is 5.32 Å². The molecule has 0 fully saturated rings. The topological polar surface area (TPSA) is 58.6 Å². The van der Waals surface area contributed by atoms with E-state index in [1.807, 2.05) is 55.5 Å². The van der Waals surface area contributed by atoms with Gasteiger partial charge in [0.25, 0.3) is 0 Å². The van der Waals surface area contributed by atoms with E-state index in [9.17, 15) is 9.90 Å². The van der Waals surface area contributed by atoms with E-state index in [0.717, 1.165) is 16.7 Å². The van der Waals surface area contributed by atoms with Gasteiger partial charge in [0.05, 0.1) is 19.8 Å². The Morgan fingerprint density at radius 2 is 2.00 bits per heavy atom. The predicted octanol–water partition coefficient (Wildman–Crippen LogP) is 2.74. The minimum atomic E-state index is -0.316. The van der Waals surface area contributed by atoms with Crippen molar-refractivity contribution in [2.75, 3.05) is 13.7 Å². The molecule has 2 aromatic carbocycles. The van der Waals surface area contributed by atoms with Crippen molar-refractivity contribution < 1.29 is 14.6 Å². The van der Waals surface area contributed by atoms with E-state index in [2.05, 4.69) is 5.32 Å². The molecule has 0 heterocycles. The second-order valence-electron chi connectivity index (χ2n) is 5.66. The fourth-order valence-electron chi connectivity index (χ4n) is 2.46. The molecule has 0 radical (unpaired) electrons.